The van der Waals surface area contributed by atoms with Crippen molar-refractivity contribution in [2.45, 2.75) is 46.2 Å². The number of carbonyl (C=O) groups is 2. The summed E-state index contributed by atoms with van der Waals surface area (Å²) in [7, 11) is 0. The average molecular weight is 497 g/mol. The minimum atomic E-state index is -0.715. The number of carbonyl (C=O) groups excluding carboxylic acids is 2. The van der Waals surface area contributed by atoms with E-state index in [1.807, 2.05) is 69.3 Å². The van der Waals surface area contributed by atoms with Crippen LogP contribution in [0, 0.1) is 13.8 Å². The van der Waals surface area contributed by atoms with Crippen LogP contribution < -0.4 is 5.32 Å². The number of hydrogen-bond donors (Lipinski definition) is 1. The Morgan fingerprint density at radius 3 is 2.26 bits per heavy atom. The van der Waals surface area contributed by atoms with E-state index in [1.165, 1.54) is 0 Å². The van der Waals surface area contributed by atoms with E-state index in [-0.39, 0.29) is 24.8 Å². The minimum absolute atomic E-state index is 0.136. The van der Waals surface area contributed by atoms with Crippen LogP contribution in [0.15, 0.2) is 66.7 Å². The third-order valence-corrected chi connectivity index (χ3v) is 6.57. The first-order valence-electron chi connectivity index (χ1n) is 11.4. The molecule has 2 amide bonds. The Morgan fingerprint density at radius 1 is 0.941 bits per heavy atom. The molecule has 3 aromatic rings. The minimum Gasteiger partial charge on any atom is -0.355 e. The number of rotatable bonds is 9. The van der Waals surface area contributed by atoms with E-state index in [1.54, 1.807) is 23.1 Å². The van der Waals surface area contributed by atoms with Crippen LogP contribution in [0.2, 0.25) is 10.0 Å². The molecule has 0 saturated carbocycles. The van der Waals surface area contributed by atoms with E-state index in [4.69, 9.17) is 23.2 Å². The van der Waals surface area contributed by atoms with Gasteiger partial charge in [-0.15, -0.1) is 0 Å². The fraction of sp³-hybridized carbons (Fsp3) is 0.286. The number of nitrogens with one attached hydrogen (secondary N) is 1. The van der Waals surface area contributed by atoms with Crippen LogP contribution in [-0.2, 0) is 29.0 Å². The first kappa shape index (κ1) is 25.8. The highest BCUT2D eigenvalue weighted by Crippen LogP contribution is 2.28. The molecule has 1 N–H and O–H groups in total. The molecule has 0 spiro atoms. The Balaban J connectivity index is 2.03. The van der Waals surface area contributed by atoms with Crippen molar-refractivity contribution in [1.29, 1.82) is 0 Å². The molecule has 0 aliphatic rings. The van der Waals surface area contributed by atoms with Gasteiger partial charge < -0.3 is 10.2 Å². The van der Waals surface area contributed by atoms with Crippen molar-refractivity contribution >= 4 is 35.0 Å². The lowest BCUT2D eigenvalue weighted by atomic mass is 9.99. The van der Waals surface area contributed by atoms with Gasteiger partial charge in [-0.05, 0) is 49.6 Å². The number of hydrogen-bond acceptors (Lipinski definition) is 2. The number of amides is 2. The molecule has 3 aromatic carbocycles. The lowest BCUT2D eigenvalue weighted by Gasteiger charge is -2.32. The van der Waals surface area contributed by atoms with Gasteiger partial charge >= 0.3 is 0 Å². The molecule has 0 radical (unpaired) electrons. The Kier molecular flexibility index (Phi) is 9.14. The molecule has 0 fully saturated rings. The van der Waals surface area contributed by atoms with E-state index < -0.39 is 6.04 Å². The summed E-state index contributed by atoms with van der Waals surface area (Å²) in [5.74, 6) is -0.360. The largest absolute Gasteiger partial charge is 0.355 e. The zero-order valence-electron chi connectivity index (χ0n) is 19.8. The molecule has 0 aliphatic carbocycles. The number of benzene rings is 3. The fourth-order valence-electron chi connectivity index (χ4n) is 3.95. The number of nitrogens with zero attached hydrogens (tertiary/aromatic N) is 1. The summed E-state index contributed by atoms with van der Waals surface area (Å²) in [5, 5.41) is 3.83. The summed E-state index contributed by atoms with van der Waals surface area (Å²) in [6.07, 6.45) is 0.563. The van der Waals surface area contributed by atoms with Crippen LogP contribution in [0.4, 0.5) is 0 Å². The molecule has 0 bridgehead atoms. The summed E-state index contributed by atoms with van der Waals surface area (Å²) in [6.45, 7) is 6.46. The predicted molar refractivity (Wildman–Crippen MR) is 139 cm³/mol. The van der Waals surface area contributed by atoms with E-state index in [0.29, 0.717) is 28.6 Å². The molecule has 0 aromatic heterocycles. The van der Waals surface area contributed by atoms with Gasteiger partial charge in [0, 0.05) is 35.1 Å². The van der Waals surface area contributed by atoms with E-state index in [0.717, 1.165) is 22.3 Å². The smallest absolute Gasteiger partial charge is 0.243 e. The van der Waals surface area contributed by atoms with E-state index in [2.05, 4.69) is 5.32 Å². The second-order valence-corrected chi connectivity index (χ2v) is 9.24. The second-order valence-electron chi connectivity index (χ2n) is 8.43. The second kappa shape index (κ2) is 12.0. The van der Waals surface area contributed by atoms with Crippen LogP contribution in [-0.4, -0.2) is 29.3 Å². The third-order valence-electron chi connectivity index (χ3n) is 5.86. The molecular formula is C28H30Cl2N2O2. The molecular weight excluding hydrogens is 467 g/mol. The average Bonchev–Trinajstić information content (AvgIpc) is 2.81. The van der Waals surface area contributed by atoms with Crippen LogP contribution in [0.1, 0.15) is 34.7 Å². The highest BCUT2D eigenvalue weighted by atomic mass is 35.5. The Hall–Kier alpha value is -2.82. The first-order valence-corrected chi connectivity index (χ1v) is 12.2. The molecule has 0 saturated heterocycles. The predicted octanol–water partition coefficient (Wildman–Crippen LogP) is 5.93. The first-order chi connectivity index (χ1) is 16.3. The van der Waals surface area contributed by atoms with Crippen LogP contribution >= 0.6 is 23.2 Å². The molecule has 0 aliphatic heterocycles. The van der Waals surface area contributed by atoms with Gasteiger partial charge in [0.2, 0.25) is 11.8 Å². The SMILES string of the molecule is CCNC(=O)[C@@H](Cc1ccccc1)N(Cc1c(Cl)cccc1Cl)C(=O)Cc1cc(C)ccc1C. The van der Waals surface area contributed by atoms with Crippen molar-refractivity contribution in [2.75, 3.05) is 6.54 Å². The molecule has 0 heterocycles. The fourth-order valence-corrected chi connectivity index (χ4v) is 4.47. The van der Waals surface area contributed by atoms with Crippen LogP contribution in [0.25, 0.3) is 0 Å². The highest BCUT2D eigenvalue weighted by Gasteiger charge is 2.31. The van der Waals surface area contributed by atoms with Gasteiger partial charge in [-0.3, -0.25) is 9.59 Å². The Bertz CT molecular complexity index is 1130. The zero-order chi connectivity index (χ0) is 24.7. The topological polar surface area (TPSA) is 49.4 Å². The highest BCUT2D eigenvalue weighted by molar-refractivity contribution is 6.36. The lowest BCUT2D eigenvalue weighted by molar-refractivity contribution is -0.140. The molecule has 34 heavy (non-hydrogen) atoms. The normalized spacial score (nSPS) is 11.7. The molecule has 178 valence electrons. The van der Waals surface area contributed by atoms with E-state index in [9.17, 15) is 9.59 Å². The maximum absolute atomic E-state index is 13.8. The zero-order valence-corrected chi connectivity index (χ0v) is 21.3. The number of halogens is 2. The summed E-state index contributed by atoms with van der Waals surface area (Å²) in [6, 6.07) is 20.3. The molecule has 4 nitrogen and oxygen atoms in total. The molecule has 0 unspecified atom stereocenters. The number of aryl methyl sites for hydroxylation is 2. The standard InChI is InChI=1S/C28H30Cl2N2O2/c1-4-31-28(34)26(16-21-9-6-5-7-10-21)32(18-23-24(29)11-8-12-25(23)30)27(33)17-22-15-19(2)13-14-20(22)3/h5-15,26H,4,16-18H2,1-3H3,(H,31,34)/t26-/m1/s1. The van der Waals surface area contributed by atoms with Crippen molar-refractivity contribution < 1.29 is 9.59 Å². The van der Waals surface area contributed by atoms with Gasteiger partial charge in [-0.1, -0.05) is 83.4 Å². The van der Waals surface area contributed by atoms with Crippen molar-refractivity contribution in [3.63, 3.8) is 0 Å². The van der Waals surface area contributed by atoms with Crippen LogP contribution in [0.5, 0.6) is 0 Å². The summed E-state index contributed by atoms with van der Waals surface area (Å²) >= 11 is 12.9. The maximum Gasteiger partial charge on any atom is 0.243 e. The molecule has 6 heteroatoms. The van der Waals surface area contributed by atoms with E-state index >= 15 is 0 Å². The van der Waals surface area contributed by atoms with Gasteiger partial charge in [0.25, 0.3) is 0 Å². The van der Waals surface area contributed by atoms with Gasteiger partial charge in [0.15, 0.2) is 0 Å². The molecule has 1 atom stereocenters. The Morgan fingerprint density at radius 2 is 1.62 bits per heavy atom. The summed E-state index contributed by atoms with van der Waals surface area (Å²) in [4.78, 5) is 28.7. The number of likely N-dealkylation sites (N-methyl/N-ethyl adjacent to an activating group) is 1. The monoisotopic (exact) mass is 496 g/mol. The lowest BCUT2D eigenvalue weighted by Crippen LogP contribution is -2.51. The van der Waals surface area contributed by atoms with Crippen molar-refractivity contribution in [2.24, 2.45) is 0 Å². The third kappa shape index (κ3) is 6.62. The molecule has 3 rings (SSSR count). The van der Waals surface area contributed by atoms with Gasteiger partial charge in [0.1, 0.15) is 6.04 Å². The van der Waals surface area contributed by atoms with Crippen molar-refractivity contribution in [3.8, 4) is 0 Å². The quantitative estimate of drug-likeness (QED) is 0.399. The van der Waals surface area contributed by atoms with Crippen molar-refractivity contribution in [1.82, 2.24) is 10.2 Å². The summed E-state index contributed by atoms with van der Waals surface area (Å²) < 4.78 is 0. The van der Waals surface area contributed by atoms with Crippen LogP contribution in [0.3, 0.4) is 0 Å². The maximum atomic E-state index is 13.8. The summed E-state index contributed by atoms with van der Waals surface area (Å²) in [5.41, 5.74) is 4.65. The van der Waals surface area contributed by atoms with Gasteiger partial charge in [-0.25, -0.2) is 0 Å². The van der Waals surface area contributed by atoms with Gasteiger partial charge in [-0.2, -0.15) is 0 Å². The van der Waals surface area contributed by atoms with Crippen molar-refractivity contribution in [3.05, 3.63) is 105 Å². The van der Waals surface area contributed by atoms with Gasteiger partial charge in [0.05, 0.1) is 6.42 Å². The Labute approximate surface area is 211 Å².